The van der Waals surface area contributed by atoms with Crippen LogP contribution >= 0.6 is 15.9 Å². The van der Waals surface area contributed by atoms with Crippen molar-refractivity contribution < 1.29 is 17.9 Å². The van der Waals surface area contributed by atoms with Gasteiger partial charge in [-0.1, -0.05) is 22.4 Å². The summed E-state index contributed by atoms with van der Waals surface area (Å²) in [5, 5.41) is 5.08. The van der Waals surface area contributed by atoms with Gasteiger partial charge in [0.2, 0.25) is 10.0 Å². The lowest BCUT2D eigenvalue weighted by molar-refractivity contribution is 0.0211. The number of nitrogens with two attached hydrogens (primary N) is 1. The molecule has 2 N–H and O–H groups in total. The summed E-state index contributed by atoms with van der Waals surface area (Å²) in [6.07, 6.45) is 4.93. The Bertz CT molecular complexity index is 609. The molecule has 0 bridgehead atoms. The van der Waals surface area contributed by atoms with Crippen molar-refractivity contribution in [2.45, 2.75) is 43.1 Å². The molecule has 0 spiro atoms. The van der Waals surface area contributed by atoms with Crippen LogP contribution in [-0.2, 0) is 14.8 Å². The predicted molar refractivity (Wildman–Crippen MR) is 77.8 cm³/mol. The number of hydrogen-bond acceptors (Lipinski definition) is 4. The second-order valence-corrected chi connectivity index (χ2v) is 7.36. The highest BCUT2D eigenvalue weighted by Gasteiger charge is 2.20. The molecule has 2 rings (SSSR count). The molecule has 0 unspecified atom stereocenters. The minimum Gasteiger partial charge on any atom is -0.459 e. The number of benzene rings is 1. The molecule has 0 saturated heterocycles. The topological polar surface area (TPSA) is 86.5 Å². The highest BCUT2D eigenvalue weighted by Crippen LogP contribution is 2.23. The van der Waals surface area contributed by atoms with Crippen molar-refractivity contribution in [2.24, 2.45) is 5.14 Å². The van der Waals surface area contributed by atoms with Crippen LogP contribution in [0.3, 0.4) is 0 Å². The Morgan fingerprint density at radius 2 is 1.85 bits per heavy atom. The van der Waals surface area contributed by atoms with E-state index < -0.39 is 16.0 Å². The van der Waals surface area contributed by atoms with Crippen LogP contribution in [0.2, 0.25) is 0 Å². The van der Waals surface area contributed by atoms with Gasteiger partial charge in [-0.3, -0.25) is 0 Å². The zero-order valence-corrected chi connectivity index (χ0v) is 13.2. The summed E-state index contributed by atoms with van der Waals surface area (Å²) < 4.78 is 28.6. The Hall–Kier alpha value is -0.920. The van der Waals surface area contributed by atoms with Gasteiger partial charge in [-0.05, 0) is 43.9 Å². The summed E-state index contributed by atoms with van der Waals surface area (Å²) in [6, 6.07) is 4.12. The van der Waals surface area contributed by atoms with E-state index in [-0.39, 0.29) is 16.6 Å². The number of halogens is 1. The van der Waals surface area contributed by atoms with Crippen molar-refractivity contribution >= 4 is 31.9 Å². The first-order valence-electron chi connectivity index (χ1n) is 6.40. The van der Waals surface area contributed by atoms with E-state index in [1.54, 1.807) is 0 Å². The molecule has 1 aromatic carbocycles. The molecule has 0 atom stereocenters. The first-order chi connectivity index (χ1) is 9.36. The van der Waals surface area contributed by atoms with Gasteiger partial charge in [0.1, 0.15) is 6.10 Å². The zero-order valence-electron chi connectivity index (χ0n) is 10.8. The second-order valence-electron chi connectivity index (χ2n) is 4.89. The number of hydrogen-bond donors (Lipinski definition) is 1. The molecule has 0 aliphatic heterocycles. The normalized spacial score (nSPS) is 16.9. The maximum atomic E-state index is 12.1. The molecule has 1 fully saturated rings. The van der Waals surface area contributed by atoms with Crippen LogP contribution in [0.25, 0.3) is 0 Å². The number of rotatable bonds is 3. The van der Waals surface area contributed by atoms with Crippen LogP contribution in [0.15, 0.2) is 27.6 Å². The average molecular weight is 362 g/mol. The first-order valence-corrected chi connectivity index (χ1v) is 8.74. The number of sulfonamides is 1. The van der Waals surface area contributed by atoms with Gasteiger partial charge in [0.25, 0.3) is 0 Å². The Labute approximate surface area is 126 Å². The van der Waals surface area contributed by atoms with Gasteiger partial charge in [-0.25, -0.2) is 18.4 Å². The minimum atomic E-state index is -3.85. The SMILES string of the molecule is NS(=O)(=O)c1cc(Br)cc(C(=O)OC2CCCCC2)c1. The van der Waals surface area contributed by atoms with Crippen molar-refractivity contribution in [3.05, 3.63) is 28.2 Å². The summed E-state index contributed by atoms with van der Waals surface area (Å²) in [5.74, 6) is -0.511. The molecule has 0 amide bonds. The fraction of sp³-hybridized carbons (Fsp3) is 0.462. The Morgan fingerprint density at radius 1 is 1.20 bits per heavy atom. The summed E-state index contributed by atoms with van der Waals surface area (Å²) in [7, 11) is -3.85. The van der Waals surface area contributed by atoms with Crippen LogP contribution in [0.5, 0.6) is 0 Å². The molecule has 20 heavy (non-hydrogen) atoms. The fourth-order valence-electron chi connectivity index (χ4n) is 2.25. The Kier molecular flexibility index (Phi) is 4.82. The summed E-state index contributed by atoms with van der Waals surface area (Å²) >= 11 is 3.17. The van der Waals surface area contributed by atoms with Crippen molar-refractivity contribution in [1.82, 2.24) is 0 Å². The third-order valence-electron chi connectivity index (χ3n) is 3.26. The van der Waals surface area contributed by atoms with Crippen LogP contribution in [0, 0.1) is 0 Å². The highest BCUT2D eigenvalue weighted by molar-refractivity contribution is 9.10. The van der Waals surface area contributed by atoms with Gasteiger partial charge >= 0.3 is 5.97 Å². The van der Waals surface area contributed by atoms with Crippen LogP contribution in [0.4, 0.5) is 0 Å². The molecule has 1 saturated carbocycles. The molecular formula is C13H16BrNO4S. The quantitative estimate of drug-likeness (QED) is 0.838. The van der Waals surface area contributed by atoms with E-state index in [4.69, 9.17) is 9.88 Å². The summed E-state index contributed by atoms with van der Waals surface area (Å²) in [6.45, 7) is 0. The van der Waals surface area contributed by atoms with Crippen molar-refractivity contribution in [3.63, 3.8) is 0 Å². The molecule has 1 aliphatic rings. The third kappa shape index (κ3) is 4.04. The number of esters is 1. The molecular weight excluding hydrogens is 346 g/mol. The van der Waals surface area contributed by atoms with E-state index in [1.165, 1.54) is 24.6 Å². The van der Waals surface area contributed by atoms with Gasteiger partial charge in [-0.15, -0.1) is 0 Å². The van der Waals surface area contributed by atoms with Crippen LogP contribution in [-0.4, -0.2) is 20.5 Å². The van der Waals surface area contributed by atoms with E-state index >= 15 is 0 Å². The number of carbonyl (C=O) groups is 1. The van der Waals surface area contributed by atoms with E-state index in [1.807, 2.05) is 0 Å². The van der Waals surface area contributed by atoms with E-state index in [0.717, 1.165) is 25.7 Å². The molecule has 5 nitrogen and oxygen atoms in total. The number of ether oxygens (including phenoxy) is 1. The zero-order chi connectivity index (χ0) is 14.8. The summed E-state index contributed by atoms with van der Waals surface area (Å²) in [5.41, 5.74) is 0.189. The lowest BCUT2D eigenvalue weighted by Crippen LogP contribution is -2.21. The largest absolute Gasteiger partial charge is 0.459 e. The maximum absolute atomic E-state index is 12.1. The van der Waals surface area contributed by atoms with E-state index in [2.05, 4.69) is 15.9 Å². The molecule has 110 valence electrons. The third-order valence-corrected chi connectivity index (χ3v) is 4.61. The van der Waals surface area contributed by atoms with Crippen molar-refractivity contribution in [3.8, 4) is 0 Å². The van der Waals surface area contributed by atoms with Crippen LogP contribution < -0.4 is 5.14 Å². The molecule has 7 heteroatoms. The molecule has 0 aromatic heterocycles. The van der Waals surface area contributed by atoms with Crippen LogP contribution in [0.1, 0.15) is 42.5 Å². The van der Waals surface area contributed by atoms with E-state index in [0.29, 0.717) is 4.47 Å². The summed E-state index contributed by atoms with van der Waals surface area (Å²) in [4.78, 5) is 12.0. The Morgan fingerprint density at radius 3 is 2.45 bits per heavy atom. The standard InChI is InChI=1S/C13H16BrNO4S/c14-10-6-9(7-12(8-10)20(15,17)18)13(16)19-11-4-2-1-3-5-11/h6-8,11H,1-5H2,(H2,15,17,18). The maximum Gasteiger partial charge on any atom is 0.338 e. The van der Waals surface area contributed by atoms with Crippen molar-refractivity contribution in [2.75, 3.05) is 0 Å². The van der Waals surface area contributed by atoms with Gasteiger partial charge in [0, 0.05) is 4.47 Å². The molecule has 0 radical (unpaired) electrons. The number of carbonyl (C=O) groups excluding carboxylic acids is 1. The van der Waals surface area contributed by atoms with Gasteiger partial charge in [0.05, 0.1) is 10.5 Å². The minimum absolute atomic E-state index is 0.0758. The molecule has 0 heterocycles. The lowest BCUT2D eigenvalue weighted by Gasteiger charge is -2.21. The van der Waals surface area contributed by atoms with Gasteiger partial charge in [-0.2, -0.15) is 0 Å². The molecule has 1 aliphatic carbocycles. The average Bonchev–Trinajstić information content (AvgIpc) is 2.38. The van der Waals surface area contributed by atoms with E-state index in [9.17, 15) is 13.2 Å². The van der Waals surface area contributed by atoms with Gasteiger partial charge in [0.15, 0.2) is 0 Å². The number of primary sulfonamides is 1. The smallest absolute Gasteiger partial charge is 0.338 e. The Balaban J connectivity index is 2.19. The predicted octanol–water partition coefficient (Wildman–Crippen LogP) is 2.59. The lowest BCUT2D eigenvalue weighted by atomic mass is 9.98. The second kappa shape index (κ2) is 6.24. The fourth-order valence-corrected chi connectivity index (χ4v) is 3.47. The molecule has 1 aromatic rings. The van der Waals surface area contributed by atoms with Crippen molar-refractivity contribution in [1.29, 1.82) is 0 Å². The van der Waals surface area contributed by atoms with Gasteiger partial charge < -0.3 is 4.74 Å². The first kappa shape index (κ1) is 15.5. The monoisotopic (exact) mass is 361 g/mol. The highest BCUT2D eigenvalue weighted by atomic mass is 79.9.